The number of benzene rings is 6. The molecule has 6 aromatic carbocycles. The molecule has 2 heterocycles. The zero-order valence-corrected chi connectivity index (χ0v) is 60.8. The van der Waals surface area contributed by atoms with Gasteiger partial charge in [-0.25, -0.2) is 0 Å². The molecule has 2 nitrogen and oxygen atoms in total. The van der Waals surface area contributed by atoms with Gasteiger partial charge in [0.15, 0.2) is 0 Å². The number of nitrogens with zero attached hydrogens (tertiary/aromatic N) is 2. The topological polar surface area (TPSA) is 25.8 Å². The van der Waals surface area contributed by atoms with E-state index in [4.69, 9.17) is 9.97 Å². The van der Waals surface area contributed by atoms with Gasteiger partial charge in [0.2, 0.25) is 0 Å². The van der Waals surface area contributed by atoms with E-state index in [9.17, 15) is 0 Å². The van der Waals surface area contributed by atoms with Crippen LogP contribution < -0.4 is 0 Å². The third-order valence-electron chi connectivity index (χ3n) is 24.7. The molecule has 0 aliphatic heterocycles. The Hall–Kier alpha value is -6.38. The van der Waals surface area contributed by atoms with Crippen molar-refractivity contribution < 1.29 is 0 Å². The second-order valence-corrected chi connectivity index (χ2v) is 30.6. The molecule has 12 rings (SSSR count). The number of rotatable bonds is 36. The van der Waals surface area contributed by atoms with Crippen LogP contribution >= 0.6 is 0 Å². The number of hydrogen-bond donors (Lipinski definition) is 0. The summed E-state index contributed by atoms with van der Waals surface area (Å²) in [5, 5.41) is 0. The first kappa shape index (κ1) is 68.6. The molecule has 0 amide bonds. The average molecular weight is 1260 g/mol. The van der Waals surface area contributed by atoms with Crippen LogP contribution in [0.5, 0.6) is 0 Å². The van der Waals surface area contributed by atoms with Crippen LogP contribution in [0.3, 0.4) is 0 Å². The van der Waals surface area contributed by atoms with Crippen molar-refractivity contribution in [3.8, 4) is 67.0 Å². The highest BCUT2D eigenvalue weighted by atomic mass is 14.8. The number of aryl methyl sites for hydroxylation is 2. The van der Waals surface area contributed by atoms with Gasteiger partial charge in [-0.15, -0.1) is 0 Å². The van der Waals surface area contributed by atoms with Crippen LogP contribution in [-0.2, 0) is 29.1 Å². The lowest BCUT2D eigenvalue weighted by atomic mass is 9.64. The van der Waals surface area contributed by atoms with Crippen LogP contribution in [0.1, 0.15) is 305 Å². The largest absolute Gasteiger partial charge is 0.254 e. The highest BCUT2D eigenvalue weighted by molar-refractivity contribution is 5.96. The molecule has 4 aliphatic rings. The van der Waals surface area contributed by atoms with E-state index < -0.39 is 5.41 Å². The third kappa shape index (κ3) is 13.1. The Morgan fingerprint density at radius 3 is 0.895 bits per heavy atom. The van der Waals surface area contributed by atoms with E-state index in [0.717, 1.165) is 11.4 Å². The van der Waals surface area contributed by atoms with Gasteiger partial charge >= 0.3 is 0 Å². The molecule has 2 aromatic heterocycles. The van der Waals surface area contributed by atoms with Crippen molar-refractivity contribution in [3.05, 3.63) is 201 Å². The van der Waals surface area contributed by atoms with Crippen molar-refractivity contribution in [2.75, 3.05) is 0 Å². The van der Waals surface area contributed by atoms with E-state index in [1.807, 2.05) is 12.4 Å². The van der Waals surface area contributed by atoms with Crippen LogP contribution in [0, 0.1) is 23.7 Å². The Morgan fingerprint density at radius 2 is 0.579 bits per heavy atom. The summed E-state index contributed by atoms with van der Waals surface area (Å²) in [7, 11) is 0. The minimum Gasteiger partial charge on any atom is -0.254 e. The molecule has 8 aromatic rings. The molecule has 4 unspecified atom stereocenters. The summed E-state index contributed by atoms with van der Waals surface area (Å²) in [5.74, 6) is 2.68. The summed E-state index contributed by atoms with van der Waals surface area (Å²) >= 11 is 0. The number of fused-ring (bicyclic) bond motifs is 16. The Labute approximate surface area is 576 Å². The van der Waals surface area contributed by atoms with Gasteiger partial charge in [0.1, 0.15) is 0 Å². The van der Waals surface area contributed by atoms with Gasteiger partial charge < -0.3 is 0 Å². The van der Waals surface area contributed by atoms with Crippen LogP contribution in [0.4, 0.5) is 0 Å². The van der Waals surface area contributed by atoms with Crippen molar-refractivity contribution in [1.29, 1.82) is 0 Å². The quantitative estimate of drug-likeness (QED) is 0.0366. The molecule has 2 heteroatoms. The molecule has 0 saturated heterocycles. The lowest BCUT2D eigenvalue weighted by Gasteiger charge is -2.39. The summed E-state index contributed by atoms with van der Waals surface area (Å²) in [6.45, 7) is 24.2. The molecule has 0 radical (unpaired) electrons. The van der Waals surface area contributed by atoms with Crippen molar-refractivity contribution in [1.82, 2.24) is 9.97 Å². The molecule has 95 heavy (non-hydrogen) atoms. The monoisotopic (exact) mass is 1260 g/mol. The van der Waals surface area contributed by atoms with Gasteiger partial charge in [0, 0.05) is 23.2 Å². The van der Waals surface area contributed by atoms with Crippen LogP contribution in [0.2, 0.25) is 0 Å². The fourth-order valence-electron chi connectivity index (χ4n) is 19.3. The first-order valence-electron chi connectivity index (χ1n) is 39.4. The predicted molar refractivity (Wildman–Crippen MR) is 409 cm³/mol. The molecular formula is C93H118N2. The van der Waals surface area contributed by atoms with E-state index in [1.54, 1.807) is 22.3 Å². The smallest absolute Gasteiger partial charge is 0.0937 e. The first-order chi connectivity index (χ1) is 46.6. The van der Waals surface area contributed by atoms with Crippen molar-refractivity contribution >= 4 is 0 Å². The maximum Gasteiger partial charge on any atom is 0.0937 e. The number of pyridine rings is 2. The summed E-state index contributed by atoms with van der Waals surface area (Å²) in [4.78, 5) is 10.5. The van der Waals surface area contributed by atoms with Gasteiger partial charge in [-0.2, -0.15) is 0 Å². The Kier molecular flexibility index (Phi) is 22.4. The first-order valence-corrected chi connectivity index (χ1v) is 39.4. The minimum atomic E-state index is -0.610. The highest BCUT2D eigenvalue weighted by Gasteiger charge is 2.54. The number of aromatic nitrogens is 2. The van der Waals surface area contributed by atoms with Gasteiger partial charge in [0.05, 0.1) is 16.8 Å². The molecule has 500 valence electrons. The van der Waals surface area contributed by atoms with Gasteiger partial charge in [-0.05, 0) is 223 Å². The Balaban J connectivity index is 1.02. The average Bonchev–Trinajstić information content (AvgIpc) is 1.51. The molecular weight excluding hydrogens is 1150 g/mol. The molecule has 1 spiro atoms. The Morgan fingerprint density at radius 1 is 0.284 bits per heavy atom. The molecule has 0 fully saturated rings. The normalized spacial score (nSPS) is 17.8. The number of hydrogen-bond acceptors (Lipinski definition) is 2. The van der Waals surface area contributed by atoms with E-state index in [-0.39, 0.29) is 10.8 Å². The molecule has 4 atom stereocenters. The van der Waals surface area contributed by atoms with Crippen molar-refractivity contribution in [3.63, 3.8) is 0 Å². The minimum absolute atomic E-state index is 0.0510. The highest BCUT2D eigenvalue weighted by Crippen LogP contribution is 2.64. The number of unbranched alkanes of at least 4 members (excludes halogenated alkanes) is 10. The van der Waals surface area contributed by atoms with Gasteiger partial charge in [-0.1, -0.05) is 308 Å². The molecule has 4 aliphatic carbocycles. The predicted octanol–water partition coefficient (Wildman–Crippen LogP) is 27.4. The lowest BCUT2D eigenvalue weighted by molar-refractivity contribution is 0.266. The van der Waals surface area contributed by atoms with Crippen LogP contribution in [0.15, 0.2) is 146 Å². The van der Waals surface area contributed by atoms with E-state index >= 15 is 0 Å². The lowest BCUT2D eigenvalue weighted by Crippen LogP contribution is -2.31. The van der Waals surface area contributed by atoms with Gasteiger partial charge in [-0.3, -0.25) is 9.97 Å². The molecule has 0 bridgehead atoms. The summed E-state index contributed by atoms with van der Waals surface area (Å²) < 4.78 is 0. The fourth-order valence-corrected chi connectivity index (χ4v) is 19.3. The fraction of sp³-hybridized carbons (Fsp3) is 0.505. The van der Waals surface area contributed by atoms with E-state index in [0.29, 0.717) is 23.7 Å². The van der Waals surface area contributed by atoms with E-state index in [1.165, 1.54) is 282 Å². The van der Waals surface area contributed by atoms with Gasteiger partial charge in [0.25, 0.3) is 0 Å². The second kappa shape index (κ2) is 31.0. The summed E-state index contributed by atoms with van der Waals surface area (Å²) in [6.07, 6.45) is 41.9. The van der Waals surface area contributed by atoms with Crippen LogP contribution in [-0.4, -0.2) is 9.97 Å². The third-order valence-corrected chi connectivity index (χ3v) is 24.7. The van der Waals surface area contributed by atoms with Crippen LogP contribution in [0.25, 0.3) is 67.0 Å². The molecule has 0 saturated carbocycles. The maximum absolute atomic E-state index is 5.27. The second-order valence-electron chi connectivity index (χ2n) is 30.6. The van der Waals surface area contributed by atoms with Crippen molar-refractivity contribution in [2.24, 2.45) is 23.7 Å². The zero-order valence-electron chi connectivity index (χ0n) is 60.8. The zero-order chi connectivity index (χ0) is 66.1. The molecule has 0 N–H and O–H groups in total. The summed E-state index contributed by atoms with van der Waals surface area (Å²) in [6, 6.07) is 55.5. The van der Waals surface area contributed by atoms with E-state index in [2.05, 4.69) is 203 Å². The van der Waals surface area contributed by atoms with Crippen molar-refractivity contribution in [2.45, 2.75) is 278 Å². The SMILES string of the molecule is CCCCCCc1ccc2c(c1)C(CC(CC)CCCC)(CC(CC)CCCC)c1cc(-c3ccc4c(c3)C3(c5cc(-c6ccc7c(c6)C(CC(CC)CCCC)(CC(CC)CCCC)c6cc(CCCCCC)ccc6-7)ccc5-4)c4cccnc4-c4ncccc43)ccc1-2. The summed E-state index contributed by atoms with van der Waals surface area (Å²) in [5.41, 5.74) is 29.9. The standard InChI is InChI=1S/C93H118N2/c1-11-21-27-29-37-69-41-47-75-77-49-43-71(57-85(77)91(83(75)55-69,61-65(17-7)33-23-13-3)62-66(18-8)34-24-14-4)73-45-51-79-80-52-46-74(60-88(80)93(87(79)59-73)81-39-31-53-94-89(81)90-82(93)40-32-54-95-90)72-44-50-78-76-48-42-70(38-30-28-22-12-2)56-84(76)92(86(78)58-72,63-67(19-9)35-25-15-5)64-68(20-10)36-26-16-6/h31-32,39-60,65-68H,11-30,33-38,61-64H2,1-10H3. The Bertz CT molecular complexity index is 3600. The maximum atomic E-state index is 5.27.